The van der Waals surface area contributed by atoms with Gasteiger partial charge < -0.3 is 10.2 Å². The van der Waals surface area contributed by atoms with Crippen LogP contribution in [0.2, 0.25) is 0 Å². The molecule has 0 spiro atoms. The molecule has 1 N–H and O–H groups in total. The first-order valence-corrected chi connectivity index (χ1v) is 11.7. The summed E-state index contributed by atoms with van der Waals surface area (Å²) in [6.45, 7) is 11.3. The molecule has 2 aromatic carbocycles. The van der Waals surface area contributed by atoms with Crippen LogP contribution in [0, 0.1) is 19.8 Å². The Labute approximate surface area is 191 Å². The quantitative estimate of drug-likeness (QED) is 0.528. The second kappa shape index (κ2) is 9.60. The van der Waals surface area contributed by atoms with Gasteiger partial charge in [0.2, 0.25) is 5.91 Å². The molecule has 0 saturated heterocycles. The van der Waals surface area contributed by atoms with E-state index in [2.05, 4.69) is 71.1 Å². The van der Waals surface area contributed by atoms with Crippen molar-refractivity contribution in [2.45, 2.75) is 60.0 Å². The molecule has 5 nitrogen and oxygen atoms in total. The molecule has 1 amide bonds. The molecule has 32 heavy (non-hydrogen) atoms. The van der Waals surface area contributed by atoms with E-state index in [-0.39, 0.29) is 5.91 Å². The predicted octanol–water partition coefficient (Wildman–Crippen LogP) is 5.29. The minimum Gasteiger partial charge on any atom is -0.367 e. The summed E-state index contributed by atoms with van der Waals surface area (Å²) in [5.41, 5.74) is 8.17. The third-order valence-corrected chi connectivity index (χ3v) is 6.31. The average Bonchev–Trinajstić information content (AvgIpc) is 3.28. The minimum atomic E-state index is 0.0506. The molecule has 0 atom stereocenters. The Hall–Kier alpha value is -3.08. The van der Waals surface area contributed by atoms with Crippen molar-refractivity contribution in [3.8, 4) is 0 Å². The van der Waals surface area contributed by atoms with Crippen molar-refractivity contribution in [2.75, 3.05) is 16.8 Å². The molecular weight excluding hydrogens is 396 g/mol. The highest BCUT2D eigenvalue weighted by atomic mass is 16.1. The van der Waals surface area contributed by atoms with Gasteiger partial charge in [0.25, 0.3) is 0 Å². The highest BCUT2D eigenvalue weighted by Gasteiger charge is 2.20. The van der Waals surface area contributed by atoms with Gasteiger partial charge in [0.05, 0.1) is 5.69 Å². The first kappa shape index (κ1) is 22.1. The van der Waals surface area contributed by atoms with Crippen molar-refractivity contribution in [1.29, 1.82) is 0 Å². The predicted molar refractivity (Wildman–Crippen MR) is 131 cm³/mol. The lowest BCUT2D eigenvalue weighted by Gasteiger charge is -2.21. The van der Waals surface area contributed by atoms with E-state index >= 15 is 0 Å². The summed E-state index contributed by atoms with van der Waals surface area (Å²) in [5, 5.41) is 7.85. The lowest BCUT2D eigenvalue weighted by molar-refractivity contribution is -0.116. The van der Waals surface area contributed by atoms with Crippen LogP contribution in [0.15, 0.2) is 48.5 Å². The molecule has 1 aliphatic heterocycles. The molecule has 0 unspecified atom stereocenters. The van der Waals surface area contributed by atoms with Gasteiger partial charge in [-0.05, 0) is 61.4 Å². The molecule has 4 rings (SSSR count). The van der Waals surface area contributed by atoms with Crippen molar-refractivity contribution in [3.05, 3.63) is 76.6 Å². The lowest BCUT2D eigenvalue weighted by atomic mass is 10.1. The van der Waals surface area contributed by atoms with E-state index in [9.17, 15) is 4.79 Å². The van der Waals surface area contributed by atoms with Gasteiger partial charge in [-0.25, -0.2) is 0 Å². The number of aromatic nitrogens is 2. The molecule has 0 fully saturated rings. The third-order valence-electron chi connectivity index (χ3n) is 6.31. The topological polar surface area (TPSA) is 50.2 Å². The molecule has 1 aromatic heterocycles. The SMILES string of the molecule is Cc1nn(CC(C)C)c(C)c1CCC(=O)Nc1ccccc1CN1CCc2ccccc21. The Bertz CT molecular complexity index is 1100. The lowest BCUT2D eigenvalue weighted by Crippen LogP contribution is -2.21. The number of para-hydroxylation sites is 2. The normalized spacial score (nSPS) is 13.0. The molecule has 1 aliphatic rings. The van der Waals surface area contributed by atoms with Crippen LogP contribution in [0.3, 0.4) is 0 Å². The first-order valence-electron chi connectivity index (χ1n) is 11.7. The molecule has 0 radical (unpaired) electrons. The summed E-state index contributed by atoms with van der Waals surface area (Å²) in [5.74, 6) is 0.595. The van der Waals surface area contributed by atoms with Crippen molar-refractivity contribution in [3.63, 3.8) is 0 Å². The number of benzene rings is 2. The number of hydrogen-bond donors (Lipinski definition) is 1. The largest absolute Gasteiger partial charge is 0.367 e. The Morgan fingerprint density at radius 1 is 1.09 bits per heavy atom. The number of nitrogens with one attached hydrogen (secondary N) is 1. The van der Waals surface area contributed by atoms with Crippen LogP contribution in [0.4, 0.5) is 11.4 Å². The van der Waals surface area contributed by atoms with Gasteiger partial charge in [-0.3, -0.25) is 9.48 Å². The van der Waals surface area contributed by atoms with Gasteiger partial charge in [-0.2, -0.15) is 5.10 Å². The zero-order valence-electron chi connectivity index (χ0n) is 19.7. The van der Waals surface area contributed by atoms with Gasteiger partial charge in [-0.15, -0.1) is 0 Å². The fourth-order valence-corrected chi connectivity index (χ4v) is 4.63. The number of aryl methyl sites for hydroxylation is 1. The monoisotopic (exact) mass is 430 g/mol. The average molecular weight is 431 g/mol. The van der Waals surface area contributed by atoms with Crippen LogP contribution in [0.5, 0.6) is 0 Å². The van der Waals surface area contributed by atoms with Crippen LogP contribution in [-0.2, 0) is 30.7 Å². The Morgan fingerprint density at radius 3 is 2.66 bits per heavy atom. The smallest absolute Gasteiger partial charge is 0.224 e. The molecule has 0 aliphatic carbocycles. The fourth-order valence-electron chi connectivity index (χ4n) is 4.63. The van der Waals surface area contributed by atoms with Gasteiger partial charge in [-0.1, -0.05) is 50.2 Å². The number of carbonyl (C=O) groups excluding carboxylic acids is 1. The molecule has 168 valence electrons. The van der Waals surface area contributed by atoms with Crippen molar-refractivity contribution in [2.24, 2.45) is 5.92 Å². The van der Waals surface area contributed by atoms with E-state index in [1.165, 1.54) is 22.5 Å². The molecule has 0 saturated carbocycles. The fraction of sp³-hybridized carbons (Fsp3) is 0.407. The molecule has 0 bridgehead atoms. The molecule has 2 heterocycles. The molecule has 3 aromatic rings. The van der Waals surface area contributed by atoms with E-state index in [0.29, 0.717) is 18.8 Å². The van der Waals surface area contributed by atoms with Crippen LogP contribution < -0.4 is 10.2 Å². The summed E-state index contributed by atoms with van der Waals surface area (Å²) in [6.07, 6.45) is 2.24. The Balaban J connectivity index is 1.40. The molecule has 5 heteroatoms. The van der Waals surface area contributed by atoms with E-state index in [1.54, 1.807) is 0 Å². The number of nitrogens with zero attached hydrogens (tertiary/aromatic N) is 3. The number of fused-ring (bicyclic) bond motifs is 1. The summed E-state index contributed by atoms with van der Waals surface area (Å²) < 4.78 is 2.08. The van der Waals surface area contributed by atoms with Crippen molar-refractivity contribution >= 4 is 17.3 Å². The van der Waals surface area contributed by atoms with Crippen LogP contribution >= 0.6 is 0 Å². The summed E-state index contributed by atoms with van der Waals surface area (Å²) in [6, 6.07) is 16.7. The van der Waals surface area contributed by atoms with E-state index in [1.807, 2.05) is 25.1 Å². The second-order valence-electron chi connectivity index (χ2n) is 9.23. The van der Waals surface area contributed by atoms with Gasteiger partial charge >= 0.3 is 0 Å². The molecular formula is C27H34N4O. The maximum Gasteiger partial charge on any atom is 0.224 e. The maximum absolute atomic E-state index is 12.8. The van der Waals surface area contributed by atoms with Crippen LogP contribution in [0.25, 0.3) is 0 Å². The Kier molecular flexibility index (Phi) is 6.63. The summed E-state index contributed by atoms with van der Waals surface area (Å²) in [4.78, 5) is 15.2. The van der Waals surface area contributed by atoms with E-state index in [0.717, 1.165) is 43.0 Å². The summed E-state index contributed by atoms with van der Waals surface area (Å²) >= 11 is 0. The van der Waals surface area contributed by atoms with Gasteiger partial charge in [0, 0.05) is 43.1 Å². The van der Waals surface area contributed by atoms with Crippen LogP contribution in [-0.4, -0.2) is 22.2 Å². The minimum absolute atomic E-state index is 0.0506. The highest BCUT2D eigenvalue weighted by molar-refractivity contribution is 5.91. The number of carbonyl (C=O) groups is 1. The van der Waals surface area contributed by atoms with Gasteiger partial charge in [0.1, 0.15) is 0 Å². The van der Waals surface area contributed by atoms with E-state index < -0.39 is 0 Å². The van der Waals surface area contributed by atoms with Crippen LogP contribution in [0.1, 0.15) is 48.3 Å². The maximum atomic E-state index is 12.8. The van der Waals surface area contributed by atoms with Crippen molar-refractivity contribution in [1.82, 2.24) is 9.78 Å². The standard InChI is InChI=1S/C27H34N4O/c1-19(2)17-31-21(4)24(20(3)29-31)13-14-27(32)28-25-11-7-5-10-23(25)18-30-16-15-22-9-6-8-12-26(22)30/h5-12,19H,13-18H2,1-4H3,(H,28,32). The summed E-state index contributed by atoms with van der Waals surface area (Å²) in [7, 11) is 0. The highest BCUT2D eigenvalue weighted by Crippen LogP contribution is 2.30. The third kappa shape index (κ3) is 4.87. The Morgan fingerprint density at radius 2 is 1.84 bits per heavy atom. The number of anilines is 2. The zero-order valence-corrected chi connectivity index (χ0v) is 19.7. The van der Waals surface area contributed by atoms with Gasteiger partial charge in [0.15, 0.2) is 0 Å². The van der Waals surface area contributed by atoms with Crippen molar-refractivity contribution < 1.29 is 4.79 Å². The number of amides is 1. The van der Waals surface area contributed by atoms with E-state index in [4.69, 9.17) is 0 Å². The second-order valence-corrected chi connectivity index (χ2v) is 9.23. The number of hydrogen-bond acceptors (Lipinski definition) is 3. The first-order chi connectivity index (χ1) is 15.4. The number of rotatable bonds is 8. The zero-order chi connectivity index (χ0) is 22.7.